The van der Waals surface area contributed by atoms with Crippen LogP contribution in [0, 0.1) is 6.92 Å². The van der Waals surface area contributed by atoms with E-state index in [0.29, 0.717) is 0 Å². The van der Waals surface area contributed by atoms with Crippen molar-refractivity contribution < 1.29 is 4.74 Å². The Hall–Kier alpha value is -1.82. The fourth-order valence-electron chi connectivity index (χ4n) is 2.90. The van der Waals surface area contributed by atoms with Crippen molar-refractivity contribution >= 4 is 17.2 Å². The molecule has 2 heterocycles. The number of hydrogen-bond acceptors (Lipinski definition) is 4. The summed E-state index contributed by atoms with van der Waals surface area (Å²) in [6.45, 7) is 6.30. The SMILES string of the molecule is Cc1cccc(C(C(=S)NCN2CCOCC2)c2ccccn2)c1. The van der Waals surface area contributed by atoms with Crippen LogP contribution in [0.5, 0.6) is 0 Å². The van der Waals surface area contributed by atoms with E-state index >= 15 is 0 Å². The molecule has 1 aromatic carbocycles. The van der Waals surface area contributed by atoms with Crippen LogP contribution < -0.4 is 5.32 Å². The molecule has 1 fully saturated rings. The Bertz CT molecular complexity index is 671. The predicted octanol–water partition coefficient (Wildman–Crippen LogP) is 2.73. The molecule has 1 unspecified atom stereocenters. The average Bonchev–Trinajstić information content (AvgIpc) is 2.62. The van der Waals surface area contributed by atoms with E-state index in [-0.39, 0.29) is 5.92 Å². The number of aryl methyl sites for hydroxylation is 1. The fourth-order valence-corrected chi connectivity index (χ4v) is 3.23. The van der Waals surface area contributed by atoms with Crippen LogP contribution in [0.3, 0.4) is 0 Å². The van der Waals surface area contributed by atoms with Gasteiger partial charge in [0.1, 0.15) is 0 Å². The molecule has 2 aromatic rings. The maximum atomic E-state index is 5.74. The van der Waals surface area contributed by atoms with Crippen LogP contribution in [0.2, 0.25) is 0 Å². The number of hydrogen-bond donors (Lipinski definition) is 1. The Kier molecular flexibility index (Phi) is 5.91. The molecule has 0 bridgehead atoms. The predicted molar refractivity (Wildman–Crippen MR) is 100 cm³/mol. The number of nitrogens with zero attached hydrogens (tertiary/aromatic N) is 2. The Morgan fingerprint density at radius 1 is 1.25 bits per heavy atom. The number of benzene rings is 1. The monoisotopic (exact) mass is 341 g/mol. The summed E-state index contributed by atoms with van der Waals surface area (Å²) in [5.74, 6) is -0.0258. The minimum Gasteiger partial charge on any atom is -0.379 e. The van der Waals surface area contributed by atoms with Crippen molar-refractivity contribution in [3.63, 3.8) is 0 Å². The van der Waals surface area contributed by atoms with E-state index in [1.165, 1.54) is 11.1 Å². The van der Waals surface area contributed by atoms with E-state index in [0.717, 1.165) is 43.7 Å². The molecule has 0 spiro atoms. The lowest BCUT2D eigenvalue weighted by Gasteiger charge is -2.28. The smallest absolute Gasteiger partial charge is 0.0900 e. The van der Waals surface area contributed by atoms with Crippen LogP contribution in [0.15, 0.2) is 48.7 Å². The first-order valence-corrected chi connectivity index (χ1v) is 8.70. The number of rotatable bonds is 5. The molecular formula is C19H23N3OS. The van der Waals surface area contributed by atoms with Crippen LogP contribution in [0.1, 0.15) is 22.7 Å². The summed E-state index contributed by atoms with van der Waals surface area (Å²) in [4.78, 5) is 7.67. The Balaban J connectivity index is 1.77. The van der Waals surface area contributed by atoms with E-state index in [1.807, 2.05) is 24.4 Å². The number of pyridine rings is 1. The highest BCUT2D eigenvalue weighted by atomic mass is 32.1. The molecule has 5 heteroatoms. The van der Waals surface area contributed by atoms with Gasteiger partial charge in [-0.3, -0.25) is 9.88 Å². The van der Waals surface area contributed by atoms with Gasteiger partial charge in [0.2, 0.25) is 0 Å². The first-order chi connectivity index (χ1) is 11.7. The Morgan fingerprint density at radius 2 is 2.08 bits per heavy atom. The van der Waals surface area contributed by atoms with Gasteiger partial charge in [0.15, 0.2) is 0 Å². The molecule has 0 aliphatic carbocycles. The van der Waals surface area contributed by atoms with Gasteiger partial charge in [-0.1, -0.05) is 48.1 Å². The third kappa shape index (κ3) is 4.38. The zero-order valence-electron chi connectivity index (χ0n) is 13.9. The third-order valence-corrected chi connectivity index (χ3v) is 4.58. The molecule has 0 saturated carbocycles. The van der Waals surface area contributed by atoms with Gasteiger partial charge in [-0.15, -0.1) is 0 Å². The molecule has 24 heavy (non-hydrogen) atoms. The summed E-state index contributed by atoms with van der Waals surface area (Å²) < 4.78 is 5.39. The van der Waals surface area contributed by atoms with Gasteiger partial charge in [-0.25, -0.2) is 0 Å². The van der Waals surface area contributed by atoms with Crippen LogP contribution >= 0.6 is 12.2 Å². The maximum Gasteiger partial charge on any atom is 0.0900 e. The summed E-state index contributed by atoms with van der Waals surface area (Å²) in [5.41, 5.74) is 3.38. The lowest BCUT2D eigenvalue weighted by atomic mass is 9.93. The molecular weight excluding hydrogens is 318 g/mol. The van der Waals surface area contributed by atoms with Crippen LogP contribution in [-0.4, -0.2) is 47.8 Å². The zero-order chi connectivity index (χ0) is 16.8. The van der Waals surface area contributed by atoms with Gasteiger partial charge < -0.3 is 10.1 Å². The van der Waals surface area contributed by atoms with Gasteiger partial charge in [0.05, 0.1) is 36.5 Å². The largest absolute Gasteiger partial charge is 0.379 e. The minimum absolute atomic E-state index is 0.0258. The summed E-state index contributed by atoms with van der Waals surface area (Å²) >= 11 is 5.74. The highest BCUT2D eigenvalue weighted by Gasteiger charge is 2.21. The van der Waals surface area contributed by atoms with E-state index in [4.69, 9.17) is 17.0 Å². The molecule has 0 radical (unpaired) electrons. The number of nitrogens with one attached hydrogen (secondary N) is 1. The highest BCUT2D eigenvalue weighted by molar-refractivity contribution is 7.80. The van der Waals surface area contributed by atoms with Crippen molar-refractivity contribution in [2.45, 2.75) is 12.8 Å². The Labute approximate surface area is 148 Å². The summed E-state index contributed by atoms with van der Waals surface area (Å²) in [6, 6.07) is 14.5. The first-order valence-electron chi connectivity index (χ1n) is 8.29. The topological polar surface area (TPSA) is 37.4 Å². The number of morpholine rings is 1. The molecule has 1 N–H and O–H groups in total. The Morgan fingerprint density at radius 3 is 2.79 bits per heavy atom. The van der Waals surface area contributed by atoms with E-state index in [1.54, 1.807) is 0 Å². The fraction of sp³-hybridized carbons (Fsp3) is 0.368. The van der Waals surface area contributed by atoms with Crippen molar-refractivity contribution in [2.24, 2.45) is 0 Å². The molecule has 1 atom stereocenters. The molecule has 126 valence electrons. The number of aromatic nitrogens is 1. The molecule has 0 amide bonds. The van der Waals surface area contributed by atoms with Crippen LogP contribution in [0.25, 0.3) is 0 Å². The van der Waals surface area contributed by atoms with Crippen LogP contribution in [0.4, 0.5) is 0 Å². The van der Waals surface area contributed by atoms with Crippen molar-refractivity contribution in [3.8, 4) is 0 Å². The summed E-state index contributed by atoms with van der Waals surface area (Å²) in [5, 5.41) is 3.43. The molecule has 4 nitrogen and oxygen atoms in total. The van der Waals surface area contributed by atoms with Gasteiger partial charge in [-0.05, 0) is 24.6 Å². The van der Waals surface area contributed by atoms with Gasteiger partial charge in [0.25, 0.3) is 0 Å². The molecule has 1 aliphatic rings. The van der Waals surface area contributed by atoms with E-state index in [2.05, 4.69) is 46.4 Å². The summed E-state index contributed by atoms with van der Waals surface area (Å²) in [6.07, 6.45) is 1.82. The number of thiocarbonyl (C=S) groups is 1. The van der Waals surface area contributed by atoms with Crippen molar-refractivity contribution in [1.29, 1.82) is 0 Å². The van der Waals surface area contributed by atoms with Crippen molar-refractivity contribution in [1.82, 2.24) is 15.2 Å². The third-order valence-electron chi connectivity index (χ3n) is 4.20. The second kappa shape index (κ2) is 8.33. The molecule has 3 rings (SSSR count). The maximum absolute atomic E-state index is 5.74. The first kappa shape index (κ1) is 17.0. The van der Waals surface area contributed by atoms with Gasteiger partial charge in [0, 0.05) is 19.3 Å². The van der Waals surface area contributed by atoms with Crippen LogP contribution in [-0.2, 0) is 4.74 Å². The summed E-state index contributed by atoms with van der Waals surface area (Å²) in [7, 11) is 0. The minimum atomic E-state index is -0.0258. The lowest BCUT2D eigenvalue weighted by Crippen LogP contribution is -2.44. The molecule has 1 saturated heterocycles. The molecule has 1 aliphatic heterocycles. The van der Waals surface area contributed by atoms with Gasteiger partial charge in [-0.2, -0.15) is 0 Å². The second-order valence-electron chi connectivity index (χ2n) is 6.03. The normalized spacial score (nSPS) is 16.5. The van der Waals surface area contributed by atoms with Crippen molar-refractivity contribution in [3.05, 3.63) is 65.5 Å². The average molecular weight is 341 g/mol. The standard InChI is InChI=1S/C19H23N3OS/c1-15-5-4-6-16(13-15)18(17-7-2-3-8-20-17)19(24)21-14-22-9-11-23-12-10-22/h2-8,13,18H,9-12,14H2,1H3,(H,21,24). The van der Waals surface area contributed by atoms with Crippen molar-refractivity contribution in [2.75, 3.05) is 33.0 Å². The number of ether oxygens (including phenoxy) is 1. The molecule has 1 aromatic heterocycles. The highest BCUT2D eigenvalue weighted by Crippen LogP contribution is 2.25. The zero-order valence-corrected chi connectivity index (χ0v) is 14.8. The second-order valence-corrected chi connectivity index (χ2v) is 6.47. The van der Waals surface area contributed by atoms with E-state index < -0.39 is 0 Å². The van der Waals surface area contributed by atoms with E-state index in [9.17, 15) is 0 Å². The quantitative estimate of drug-likeness (QED) is 0.847. The lowest BCUT2D eigenvalue weighted by molar-refractivity contribution is 0.0367. The van der Waals surface area contributed by atoms with Gasteiger partial charge >= 0.3 is 0 Å².